The molecule has 34 heavy (non-hydrogen) atoms. The third kappa shape index (κ3) is 4.25. The molecule has 3 atom stereocenters. The van der Waals surface area contributed by atoms with Crippen LogP contribution in [-0.2, 0) is 5.54 Å². The van der Waals surface area contributed by atoms with Crippen molar-refractivity contribution in [3.63, 3.8) is 0 Å². The van der Waals surface area contributed by atoms with E-state index in [1.807, 2.05) is 44.3 Å². The van der Waals surface area contributed by atoms with E-state index in [4.69, 9.17) is 0 Å². The Kier molecular flexibility index (Phi) is 6.22. The van der Waals surface area contributed by atoms with E-state index < -0.39 is 5.54 Å². The Balaban J connectivity index is 1.44. The summed E-state index contributed by atoms with van der Waals surface area (Å²) < 4.78 is 14.2. The third-order valence-corrected chi connectivity index (χ3v) is 7.66. The van der Waals surface area contributed by atoms with E-state index in [-0.39, 0.29) is 29.1 Å². The van der Waals surface area contributed by atoms with Gasteiger partial charge in [0.25, 0.3) is 5.91 Å². The quantitative estimate of drug-likeness (QED) is 0.581. The lowest BCUT2D eigenvalue weighted by atomic mass is 9.82. The first-order valence-electron chi connectivity index (χ1n) is 11.4. The Morgan fingerprint density at radius 2 is 2.06 bits per heavy atom. The van der Waals surface area contributed by atoms with Crippen LogP contribution < -0.4 is 15.5 Å². The summed E-state index contributed by atoms with van der Waals surface area (Å²) >= 11 is 1.67. The van der Waals surface area contributed by atoms with Crippen molar-refractivity contribution in [2.75, 3.05) is 23.7 Å². The summed E-state index contributed by atoms with van der Waals surface area (Å²) in [5.74, 6) is 1.04. The monoisotopic (exact) mass is 478 g/mol. The minimum atomic E-state index is -0.454. The van der Waals surface area contributed by atoms with Crippen LogP contribution in [0.5, 0.6) is 0 Å². The Labute approximate surface area is 202 Å². The molecule has 0 saturated carbocycles. The van der Waals surface area contributed by atoms with Crippen LogP contribution in [0.2, 0.25) is 0 Å². The number of carbonyl (C=O) groups is 1. The second-order valence-electron chi connectivity index (χ2n) is 9.05. The van der Waals surface area contributed by atoms with Crippen LogP contribution >= 0.6 is 11.8 Å². The number of fused-ring (bicyclic) bond motifs is 1. The summed E-state index contributed by atoms with van der Waals surface area (Å²) in [6.07, 6.45) is 4.90. The van der Waals surface area contributed by atoms with Gasteiger partial charge in [0.1, 0.15) is 5.50 Å². The van der Waals surface area contributed by atoms with Crippen LogP contribution in [0.15, 0.2) is 61.1 Å². The predicted octanol–water partition coefficient (Wildman–Crippen LogP) is 3.52. The molecule has 2 aliphatic rings. The molecule has 2 N–H and O–H groups in total. The summed E-state index contributed by atoms with van der Waals surface area (Å²) in [5, 5.41) is 6.84. The van der Waals surface area contributed by atoms with Crippen molar-refractivity contribution in [1.82, 2.24) is 25.6 Å². The summed E-state index contributed by atoms with van der Waals surface area (Å²) in [4.78, 5) is 28.2. The molecule has 176 valence electrons. The van der Waals surface area contributed by atoms with Gasteiger partial charge in [-0.3, -0.25) is 15.1 Å². The van der Waals surface area contributed by atoms with E-state index >= 15 is 0 Å². The van der Waals surface area contributed by atoms with E-state index in [1.165, 1.54) is 6.20 Å². The van der Waals surface area contributed by atoms with E-state index in [1.54, 1.807) is 30.1 Å². The van der Waals surface area contributed by atoms with Gasteiger partial charge in [-0.15, -0.1) is 11.8 Å². The van der Waals surface area contributed by atoms with Crippen LogP contribution in [-0.4, -0.2) is 45.2 Å². The second kappa shape index (κ2) is 9.31. The number of thioether (sulfide) groups is 1. The maximum Gasteiger partial charge on any atom is 0.253 e. The van der Waals surface area contributed by atoms with Gasteiger partial charge in [-0.05, 0) is 29.7 Å². The molecule has 4 heterocycles. The first kappa shape index (κ1) is 22.7. The topological polar surface area (TPSA) is 83.0 Å². The van der Waals surface area contributed by atoms with Gasteiger partial charge in [0.15, 0.2) is 5.82 Å². The Hall–Kier alpha value is -3.04. The van der Waals surface area contributed by atoms with Crippen LogP contribution in [0.4, 0.5) is 10.3 Å². The smallest absolute Gasteiger partial charge is 0.253 e. The molecule has 1 amide bonds. The third-order valence-electron chi connectivity index (χ3n) is 6.49. The van der Waals surface area contributed by atoms with Crippen molar-refractivity contribution in [1.29, 1.82) is 0 Å². The molecule has 0 radical (unpaired) electrons. The summed E-state index contributed by atoms with van der Waals surface area (Å²) in [6, 6.07) is 13.2. The van der Waals surface area contributed by atoms with Crippen molar-refractivity contribution in [3.05, 3.63) is 83.7 Å². The Morgan fingerprint density at radius 3 is 2.79 bits per heavy atom. The molecule has 9 heteroatoms. The van der Waals surface area contributed by atoms with E-state index in [2.05, 4.69) is 36.6 Å². The minimum absolute atomic E-state index is 0.0369. The second-order valence-corrected chi connectivity index (χ2v) is 10.2. The molecule has 5 rings (SSSR count). The number of nitrogens with zero attached hydrogens (tertiary/aromatic N) is 4. The SMILES string of the molecule is CC(C)c1nc(N2CC3CSC(NC(=O)c4ccccc4)NC3(c3cccnc3)C2)ncc1F. The molecule has 0 bridgehead atoms. The van der Waals surface area contributed by atoms with Gasteiger partial charge >= 0.3 is 0 Å². The van der Waals surface area contributed by atoms with E-state index in [9.17, 15) is 9.18 Å². The zero-order chi connectivity index (χ0) is 23.7. The lowest BCUT2D eigenvalue weighted by molar-refractivity contribution is 0.0933. The van der Waals surface area contributed by atoms with Gasteiger partial charge in [0.2, 0.25) is 5.95 Å². The number of aromatic nitrogens is 3. The fourth-order valence-electron chi connectivity index (χ4n) is 4.75. The number of hydrogen-bond donors (Lipinski definition) is 2. The minimum Gasteiger partial charge on any atom is -0.338 e. The molecule has 2 aliphatic heterocycles. The van der Waals surface area contributed by atoms with Crippen molar-refractivity contribution >= 4 is 23.6 Å². The van der Waals surface area contributed by atoms with Crippen LogP contribution in [0, 0.1) is 11.7 Å². The predicted molar refractivity (Wildman–Crippen MR) is 131 cm³/mol. The average Bonchev–Trinajstić information content (AvgIpc) is 3.25. The molecule has 7 nitrogen and oxygen atoms in total. The number of hydrogen-bond acceptors (Lipinski definition) is 7. The highest BCUT2D eigenvalue weighted by molar-refractivity contribution is 7.99. The molecule has 0 spiro atoms. The zero-order valence-electron chi connectivity index (χ0n) is 19.1. The van der Waals surface area contributed by atoms with Crippen LogP contribution in [0.25, 0.3) is 0 Å². The number of benzene rings is 1. The van der Waals surface area contributed by atoms with E-state index in [0.29, 0.717) is 23.8 Å². The van der Waals surface area contributed by atoms with Gasteiger partial charge in [0, 0.05) is 42.7 Å². The van der Waals surface area contributed by atoms with Gasteiger partial charge in [0.05, 0.1) is 17.4 Å². The molecule has 2 aromatic heterocycles. The molecular formula is C25H27FN6OS. The number of halogens is 1. The van der Waals surface area contributed by atoms with Gasteiger partial charge in [-0.25, -0.2) is 14.4 Å². The number of carbonyl (C=O) groups excluding carboxylic acids is 1. The number of amides is 1. The van der Waals surface area contributed by atoms with E-state index in [0.717, 1.165) is 17.9 Å². The molecule has 1 aromatic carbocycles. The molecule has 3 unspecified atom stereocenters. The Bertz CT molecular complexity index is 1160. The van der Waals surface area contributed by atoms with Crippen molar-refractivity contribution in [3.8, 4) is 0 Å². The van der Waals surface area contributed by atoms with Crippen LogP contribution in [0.1, 0.15) is 41.4 Å². The van der Waals surface area contributed by atoms with Crippen molar-refractivity contribution in [2.24, 2.45) is 5.92 Å². The van der Waals surface area contributed by atoms with Gasteiger partial charge in [-0.2, -0.15) is 0 Å². The molecule has 0 aliphatic carbocycles. The molecule has 2 saturated heterocycles. The number of rotatable bonds is 5. The Morgan fingerprint density at radius 1 is 1.24 bits per heavy atom. The summed E-state index contributed by atoms with van der Waals surface area (Å²) in [7, 11) is 0. The number of anilines is 1. The maximum absolute atomic E-state index is 14.2. The first-order valence-corrected chi connectivity index (χ1v) is 12.4. The highest BCUT2D eigenvalue weighted by Gasteiger charge is 2.52. The maximum atomic E-state index is 14.2. The van der Waals surface area contributed by atoms with Crippen molar-refractivity contribution in [2.45, 2.75) is 30.8 Å². The highest BCUT2D eigenvalue weighted by Crippen LogP contribution is 2.44. The summed E-state index contributed by atoms with van der Waals surface area (Å²) in [5.41, 5.74) is 1.36. The molecular weight excluding hydrogens is 451 g/mol. The standard InChI is InChI=1S/C25H27FN6OS/c1-16(2)21-20(26)12-28-23(29-21)32-13-19-14-34-24(30-22(33)17-7-4-3-5-8-17)31-25(19,15-32)18-9-6-10-27-11-18/h3-12,16,19,24,31H,13-15H2,1-2H3,(H,30,33). The van der Waals surface area contributed by atoms with Gasteiger partial charge < -0.3 is 10.2 Å². The average molecular weight is 479 g/mol. The largest absolute Gasteiger partial charge is 0.338 e. The summed E-state index contributed by atoms with van der Waals surface area (Å²) in [6.45, 7) is 5.16. The fraction of sp³-hybridized carbons (Fsp3) is 0.360. The number of nitrogens with one attached hydrogen (secondary N) is 2. The first-order chi connectivity index (χ1) is 16.5. The number of pyridine rings is 1. The van der Waals surface area contributed by atoms with Crippen LogP contribution in [0.3, 0.4) is 0 Å². The highest BCUT2D eigenvalue weighted by atomic mass is 32.2. The normalized spacial score (nSPS) is 24.2. The zero-order valence-corrected chi connectivity index (χ0v) is 19.9. The molecule has 2 fully saturated rings. The van der Waals surface area contributed by atoms with Gasteiger partial charge in [-0.1, -0.05) is 38.1 Å². The van der Waals surface area contributed by atoms with Crippen molar-refractivity contribution < 1.29 is 9.18 Å². The lowest BCUT2D eigenvalue weighted by Crippen LogP contribution is -2.61. The molecule has 3 aromatic rings. The lowest BCUT2D eigenvalue weighted by Gasteiger charge is -2.43. The fourth-order valence-corrected chi connectivity index (χ4v) is 6.05.